The maximum Gasteiger partial charge on any atom is 0.326 e. The third-order valence-electron chi connectivity index (χ3n) is 6.54. The van der Waals surface area contributed by atoms with Crippen molar-refractivity contribution in [3.8, 4) is 33.8 Å². The van der Waals surface area contributed by atoms with Gasteiger partial charge in [0.05, 0.1) is 73.8 Å². The Bertz CT molecular complexity index is 2050. The molecule has 4 aromatic carbocycles. The summed E-state index contributed by atoms with van der Waals surface area (Å²) in [5.41, 5.74) is -12.8. The lowest BCUT2D eigenvalue weighted by Crippen LogP contribution is -2.06. The van der Waals surface area contributed by atoms with Crippen LogP contribution in [-0.2, 0) is 0 Å². The van der Waals surface area contributed by atoms with Crippen molar-refractivity contribution in [3.63, 3.8) is 0 Å². The first-order valence-corrected chi connectivity index (χ1v) is 12.4. The highest BCUT2D eigenvalue weighted by Gasteiger charge is 2.40. The molecule has 25 heteroatoms. The summed E-state index contributed by atoms with van der Waals surface area (Å²) in [7, 11) is 0. The van der Waals surface area contributed by atoms with Gasteiger partial charge in [-0.25, -0.2) is 0 Å². The number of non-ortho nitro benzene ring substituents is 2. The van der Waals surface area contributed by atoms with E-state index in [4.69, 9.17) is 4.74 Å². The standard InChI is InChI=1S/C24H10N8O17/c33-25(34)11-1-3-13(19(9-11)29(41)42)15-5-7-17(27(37)38)23(21(15)31(45)46)49-24-18(28(39)40)8-6-16(22(24)32(47)48)14-4-2-12(26(35)36)10-20(14)30(43)44/h1-10H. The van der Waals surface area contributed by atoms with Crippen LogP contribution in [0.15, 0.2) is 60.7 Å². The van der Waals surface area contributed by atoms with Crippen LogP contribution in [0.25, 0.3) is 22.3 Å². The van der Waals surface area contributed by atoms with E-state index in [2.05, 4.69) is 0 Å². The summed E-state index contributed by atoms with van der Waals surface area (Å²) < 4.78 is 5.27. The predicted octanol–water partition coefficient (Wildman–Crippen LogP) is 6.08. The predicted molar refractivity (Wildman–Crippen MR) is 157 cm³/mol. The topological polar surface area (TPSA) is 354 Å². The minimum atomic E-state index is -1.54. The van der Waals surface area contributed by atoms with Gasteiger partial charge in [-0.05, 0) is 24.3 Å². The van der Waals surface area contributed by atoms with E-state index >= 15 is 0 Å². The van der Waals surface area contributed by atoms with E-state index in [1.54, 1.807) is 0 Å². The number of benzene rings is 4. The monoisotopic (exact) mass is 682 g/mol. The van der Waals surface area contributed by atoms with E-state index in [1.807, 2.05) is 0 Å². The van der Waals surface area contributed by atoms with Gasteiger partial charge in [0, 0.05) is 24.3 Å². The molecular weight excluding hydrogens is 672 g/mol. The molecule has 49 heavy (non-hydrogen) atoms. The summed E-state index contributed by atoms with van der Waals surface area (Å²) >= 11 is 0. The number of hydrogen-bond acceptors (Lipinski definition) is 17. The molecular formula is C24H10N8O17. The highest BCUT2D eigenvalue weighted by atomic mass is 16.7. The van der Waals surface area contributed by atoms with Crippen molar-refractivity contribution >= 4 is 45.5 Å². The first-order chi connectivity index (χ1) is 23.0. The molecule has 0 atom stereocenters. The molecule has 0 aromatic heterocycles. The van der Waals surface area contributed by atoms with Crippen LogP contribution >= 0.6 is 0 Å². The minimum Gasteiger partial charge on any atom is -0.430 e. The first-order valence-electron chi connectivity index (χ1n) is 12.4. The molecule has 0 aliphatic carbocycles. The summed E-state index contributed by atoms with van der Waals surface area (Å²) in [5.74, 6) is -3.08. The van der Waals surface area contributed by atoms with E-state index in [1.165, 1.54) is 0 Å². The fourth-order valence-electron chi connectivity index (χ4n) is 4.53. The SMILES string of the molecule is O=[N+]([O-])c1ccc(-c2ccc([N+](=O)[O-])c(Oc3c([N+](=O)[O-])ccc(-c4ccc([N+](=O)[O-])cc4[N+](=O)[O-])c3[N+](=O)[O-])c2[N+](=O)[O-])c([N+](=O)[O-])c1. The molecule has 0 amide bonds. The van der Waals surface area contributed by atoms with Crippen LogP contribution in [0, 0.1) is 80.9 Å². The Kier molecular flexibility index (Phi) is 8.76. The van der Waals surface area contributed by atoms with Crippen molar-refractivity contribution in [2.75, 3.05) is 0 Å². The van der Waals surface area contributed by atoms with E-state index in [9.17, 15) is 80.9 Å². The second kappa shape index (κ2) is 12.7. The van der Waals surface area contributed by atoms with Gasteiger partial charge >= 0.3 is 22.7 Å². The number of ether oxygens (including phenoxy) is 1. The van der Waals surface area contributed by atoms with Gasteiger partial charge in [-0.2, -0.15) is 0 Å². The van der Waals surface area contributed by atoms with Crippen molar-refractivity contribution in [2.24, 2.45) is 0 Å². The van der Waals surface area contributed by atoms with Gasteiger partial charge in [0.25, 0.3) is 34.2 Å². The van der Waals surface area contributed by atoms with Gasteiger partial charge in [0.2, 0.25) is 0 Å². The summed E-state index contributed by atoms with van der Waals surface area (Å²) in [5, 5.41) is 94.7. The second-order valence-corrected chi connectivity index (χ2v) is 9.18. The number of nitrogens with zero attached hydrogens (tertiary/aromatic N) is 8. The third kappa shape index (κ3) is 6.22. The minimum absolute atomic E-state index is 0.414. The molecule has 25 nitrogen and oxygen atoms in total. The molecule has 0 aliphatic heterocycles. The molecule has 0 saturated heterocycles. The quantitative estimate of drug-likeness (QED) is 0.121. The fraction of sp³-hybridized carbons (Fsp3) is 0. The van der Waals surface area contributed by atoms with Gasteiger partial charge < -0.3 is 4.74 Å². The zero-order valence-electron chi connectivity index (χ0n) is 23.3. The molecule has 0 aliphatic rings. The number of hydrogen-bond donors (Lipinski definition) is 0. The number of nitro benzene ring substituents is 8. The highest BCUT2D eigenvalue weighted by molar-refractivity contribution is 5.89. The summed E-state index contributed by atoms with van der Waals surface area (Å²) in [4.78, 5) is 84.9. The Morgan fingerprint density at radius 2 is 0.653 bits per heavy atom. The van der Waals surface area contributed by atoms with E-state index in [0.29, 0.717) is 60.7 Å². The largest absolute Gasteiger partial charge is 0.430 e. The average Bonchev–Trinajstić information content (AvgIpc) is 3.02. The zero-order valence-corrected chi connectivity index (χ0v) is 23.3. The summed E-state index contributed by atoms with van der Waals surface area (Å²) in [6.45, 7) is 0. The van der Waals surface area contributed by atoms with Gasteiger partial charge in [-0.15, -0.1) is 0 Å². The Hall–Kier alpha value is -8.12. The molecule has 0 fully saturated rings. The van der Waals surface area contributed by atoms with Gasteiger partial charge in [0.15, 0.2) is 0 Å². The fourth-order valence-corrected chi connectivity index (χ4v) is 4.53. The molecule has 0 bridgehead atoms. The average molecular weight is 682 g/mol. The van der Waals surface area contributed by atoms with Crippen LogP contribution in [0.4, 0.5) is 45.5 Å². The Balaban J connectivity index is 2.14. The van der Waals surface area contributed by atoms with E-state index in [-0.39, 0.29) is 0 Å². The smallest absolute Gasteiger partial charge is 0.326 e. The van der Waals surface area contributed by atoms with Crippen LogP contribution in [0.2, 0.25) is 0 Å². The van der Waals surface area contributed by atoms with Gasteiger partial charge in [0.1, 0.15) is 0 Å². The molecule has 0 radical (unpaired) electrons. The summed E-state index contributed by atoms with van der Waals surface area (Å²) in [6.07, 6.45) is 0. The number of rotatable bonds is 12. The molecule has 248 valence electrons. The van der Waals surface area contributed by atoms with Crippen LogP contribution in [-0.4, -0.2) is 39.4 Å². The maximum atomic E-state index is 12.4. The van der Waals surface area contributed by atoms with E-state index in [0.717, 1.165) is 0 Å². The van der Waals surface area contributed by atoms with Crippen molar-refractivity contribution in [2.45, 2.75) is 0 Å². The van der Waals surface area contributed by atoms with Crippen molar-refractivity contribution in [1.29, 1.82) is 0 Å². The second-order valence-electron chi connectivity index (χ2n) is 9.18. The van der Waals surface area contributed by atoms with E-state index < -0.39 is 119 Å². The lowest BCUT2D eigenvalue weighted by molar-refractivity contribution is -0.399. The highest BCUT2D eigenvalue weighted by Crippen LogP contribution is 2.53. The molecule has 4 aromatic rings. The lowest BCUT2D eigenvalue weighted by atomic mass is 9.99. The normalized spacial score (nSPS) is 10.5. The maximum absolute atomic E-state index is 12.4. The van der Waals surface area contributed by atoms with Gasteiger partial charge in [-0.1, -0.05) is 0 Å². The molecule has 0 spiro atoms. The Morgan fingerprint density at radius 1 is 0.347 bits per heavy atom. The Labute approximate surface area is 265 Å². The number of nitro groups is 8. The molecule has 0 saturated carbocycles. The van der Waals surface area contributed by atoms with Crippen molar-refractivity contribution < 1.29 is 44.1 Å². The molecule has 4 rings (SSSR count). The summed E-state index contributed by atoms with van der Waals surface area (Å²) in [6, 6.07) is 5.83. The van der Waals surface area contributed by atoms with Gasteiger partial charge in [-0.3, -0.25) is 80.9 Å². The lowest BCUT2D eigenvalue weighted by Gasteiger charge is -2.13. The molecule has 0 N–H and O–H groups in total. The van der Waals surface area contributed by atoms with Crippen LogP contribution < -0.4 is 4.74 Å². The van der Waals surface area contributed by atoms with Crippen molar-refractivity contribution in [3.05, 3.63) is 142 Å². The van der Waals surface area contributed by atoms with Crippen LogP contribution in [0.5, 0.6) is 11.5 Å². The van der Waals surface area contributed by atoms with Crippen molar-refractivity contribution in [1.82, 2.24) is 0 Å². The molecule has 0 heterocycles. The van der Waals surface area contributed by atoms with Crippen LogP contribution in [0.1, 0.15) is 0 Å². The first kappa shape index (κ1) is 33.8. The Morgan fingerprint density at radius 3 is 0.918 bits per heavy atom. The zero-order chi connectivity index (χ0) is 36.5. The van der Waals surface area contributed by atoms with Crippen LogP contribution in [0.3, 0.4) is 0 Å². The molecule has 0 unspecified atom stereocenters. The third-order valence-corrected chi connectivity index (χ3v) is 6.54.